The molecule has 2 amide bonds. The molecule has 2 atom stereocenters. The number of carbonyl (C=O) groups is 1. The molecule has 0 bridgehead atoms. The highest BCUT2D eigenvalue weighted by Crippen LogP contribution is 2.38. The zero-order valence-electron chi connectivity index (χ0n) is 14.0. The summed E-state index contributed by atoms with van der Waals surface area (Å²) in [6.07, 6.45) is 3.51. The number of fused-ring (bicyclic) bond motifs is 1. The van der Waals surface area contributed by atoms with Crippen LogP contribution in [0.3, 0.4) is 0 Å². The normalized spacial score (nSPS) is 21.4. The van der Waals surface area contributed by atoms with Crippen molar-refractivity contribution in [3.8, 4) is 17.2 Å². The monoisotopic (exact) mass is 356 g/mol. The zero-order valence-corrected chi connectivity index (χ0v) is 14.0. The van der Waals surface area contributed by atoms with Crippen molar-refractivity contribution in [2.24, 2.45) is 11.8 Å². The van der Waals surface area contributed by atoms with E-state index in [1.165, 1.54) is 18.9 Å². The summed E-state index contributed by atoms with van der Waals surface area (Å²) in [7, 11) is 0. The topological polar surface area (TPSA) is 68.8 Å². The molecule has 1 heterocycles. The third-order valence-corrected chi connectivity index (χ3v) is 4.78. The van der Waals surface area contributed by atoms with Crippen molar-refractivity contribution in [3.05, 3.63) is 17.7 Å². The molecule has 1 aromatic carbocycles. The van der Waals surface area contributed by atoms with E-state index in [0.717, 1.165) is 6.42 Å². The molecular weight excluding hydrogens is 334 g/mol. The van der Waals surface area contributed by atoms with E-state index in [9.17, 15) is 13.6 Å². The lowest BCUT2D eigenvalue weighted by Crippen LogP contribution is -2.38. The summed E-state index contributed by atoms with van der Waals surface area (Å²) >= 11 is 0. The minimum absolute atomic E-state index is 0.0282. The van der Waals surface area contributed by atoms with Crippen molar-refractivity contribution >= 4 is 6.03 Å². The second-order valence-electron chi connectivity index (χ2n) is 6.42. The molecule has 1 aliphatic carbocycles. The van der Waals surface area contributed by atoms with Gasteiger partial charge in [0.15, 0.2) is 11.5 Å². The molecule has 138 valence electrons. The van der Waals surface area contributed by atoms with E-state index in [1.807, 2.05) is 0 Å². The van der Waals surface area contributed by atoms with Crippen LogP contribution in [0.2, 0.25) is 0 Å². The van der Waals surface area contributed by atoms with Gasteiger partial charge in [-0.3, -0.25) is 0 Å². The van der Waals surface area contributed by atoms with E-state index < -0.39 is 6.61 Å². The van der Waals surface area contributed by atoms with Gasteiger partial charge in [0, 0.05) is 24.7 Å². The summed E-state index contributed by atoms with van der Waals surface area (Å²) in [5.41, 5.74) is 0.397. The van der Waals surface area contributed by atoms with E-state index in [0.29, 0.717) is 35.4 Å². The van der Waals surface area contributed by atoms with Crippen molar-refractivity contribution in [2.45, 2.75) is 39.3 Å². The van der Waals surface area contributed by atoms with Gasteiger partial charge in [-0.05, 0) is 24.3 Å². The van der Waals surface area contributed by atoms with Crippen LogP contribution >= 0.6 is 0 Å². The quantitative estimate of drug-likeness (QED) is 0.821. The van der Waals surface area contributed by atoms with Gasteiger partial charge in [-0.2, -0.15) is 8.78 Å². The lowest BCUT2D eigenvalue weighted by molar-refractivity contribution is -0.0505. The minimum atomic E-state index is -2.96. The Bertz CT molecular complexity index is 627. The Morgan fingerprint density at radius 1 is 1.28 bits per heavy atom. The lowest BCUT2D eigenvalue weighted by Gasteiger charge is -2.17. The first kappa shape index (κ1) is 17.6. The van der Waals surface area contributed by atoms with E-state index in [1.54, 1.807) is 6.07 Å². The fraction of sp³-hybridized carbons (Fsp3) is 0.588. The Morgan fingerprint density at radius 2 is 2.04 bits per heavy atom. The summed E-state index contributed by atoms with van der Waals surface area (Å²) in [5, 5.41) is 5.51. The van der Waals surface area contributed by atoms with Gasteiger partial charge in [0.25, 0.3) is 0 Å². The van der Waals surface area contributed by atoms with Crippen molar-refractivity contribution < 1.29 is 27.8 Å². The number of ether oxygens (including phenoxy) is 3. The highest BCUT2D eigenvalue weighted by molar-refractivity contribution is 5.74. The van der Waals surface area contributed by atoms with Crippen LogP contribution in [0.25, 0.3) is 0 Å². The highest BCUT2D eigenvalue weighted by Gasteiger charge is 2.24. The van der Waals surface area contributed by atoms with Crippen LogP contribution in [0.1, 0.15) is 31.7 Å². The number of urea groups is 1. The molecule has 1 fully saturated rings. The molecule has 0 spiro atoms. The first-order chi connectivity index (χ1) is 12.0. The predicted molar refractivity (Wildman–Crippen MR) is 85.9 cm³/mol. The van der Waals surface area contributed by atoms with Crippen LogP contribution in [0.15, 0.2) is 12.1 Å². The molecule has 2 unspecified atom stereocenters. The second kappa shape index (κ2) is 7.76. The summed E-state index contributed by atoms with van der Waals surface area (Å²) in [5.74, 6) is 1.86. The maximum atomic E-state index is 12.6. The maximum absolute atomic E-state index is 12.6. The molecule has 1 saturated carbocycles. The fourth-order valence-corrected chi connectivity index (χ4v) is 3.30. The Morgan fingerprint density at radius 3 is 2.72 bits per heavy atom. The second-order valence-corrected chi connectivity index (χ2v) is 6.42. The molecule has 1 aromatic rings. The average Bonchev–Trinajstić information content (AvgIpc) is 3.18. The summed E-state index contributed by atoms with van der Waals surface area (Å²) in [6.45, 7) is -0.0749. The standard InChI is InChI=1S/C17H22F2N2O4/c1-10-3-2-4-11(10)7-20-17(22)21-8-12-5-14-15(24-9-23-14)6-13(12)25-16(18)19/h5-6,10-11,16H,2-4,7-9H2,1H3,(H2,20,21,22). The summed E-state index contributed by atoms with van der Waals surface area (Å²) in [6, 6.07) is 2.56. The molecule has 3 rings (SSSR count). The van der Waals surface area contributed by atoms with Crippen LogP contribution in [0, 0.1) is 11.8 Å². The van der Waals surface area contributed by atoms with Gasteiger partial charge in [-0.1, -0.05) is 19.8 Å². The molecular formula is C17H22F2N2O4. The van der Waals surface area contributed by atoms with Crippen LogP contribution < -0.4 is 24.8 Å². The lowest BCUT2D eigenvalue weighted by atomic mass is 9.98. The van der Waals surface area contributed by atoms with Gasteiger partial charge in [0.05, 0.1) is 0 Å². The van der Waals surface area contributed by atoms with Crippen LogP contribution in [0.4, 0.5) is 13.6 Å². The molecule has 25 heavy (non-hydrogen) atoms. The summed E-state index contributed by atoms with van der Waals surface area (Å²) < 4.78 is 40.1. The largest absolute Gasteiger partial charge is 0.454 e. The Balaban J connectivity index is 1.57. The number of alkyl halides is 2. The number of amides is 2. The van der Waals surface area contributed by atoms with Crippen molar-refractivity contribution in [3.63, 3.8) is 0 Å². The van der Waals surface area contributed by atoms with Gasteiger partial charge in [-0.15, -0.1) is 0 Å². The first-order valence-electron chi connectivity index (χ1n) is 8.42. The third-order valence-electron chi connectivity index (χ3n) is 4.78. The molecule has 2 N–H and O–H groups in total. The number of nitrogens with one attached hydrogen (secondary N) is 2. The molecule has 6 nitrogen and oxygen atoms in total. The number of rotatable bonds is 6. The van der Waals surface area contributed by atoms with Crippen LogP contribution in [-0.4, -0.2) is 26.0 Å². The highest BCUT2D eigenvalue weighted by atomic mass is 19.3. The number of carbonyl (C=O) groups excluding carboxylic acids is 1. The maximum Gasteiger partial charge on any atom is 0.387 e. The Kier molecular flexibility index (Phi) is 5.45. The van der Waals surface area contributed by atoms with Crippen LogP contribution in [-0.2, 0) is 6.54 Å². The third kappa shape index (κ3) is 4.43. The van der Waals surface area contributed by atoms with Gasteiger partial charge in [0.1, 0.15) is 5.75 Å². The summed E-state index contributed by atoms with van der Waals surface area (Å²) in [4.78, 5) is 12.0. The van der Waals surface area contributed by atoms with E-state index in [4.69, 9.17) is 9.47 Å². The number of benzene rings is 1. The Labute approximate surface area is 144 Å². The molecule has 8 heteroatoms. The number of hydrogen-bond acceptors (Lipinski definition) is 4. The van der Waals surface area contributed by atoms with Gasteiger partial charge in [-0.25, -0.2) is 4.79 Å². The van der Waals surface area contributed by atoms with Crippen molar-refractivity contribution in [1.82, 2.24) is 10.6 Å². The first-order valence-corrected chi connectivity index (χ1v) is 8.42. The molecule has 2 aliphatic rings. The molecule has 0 saturated heterocycles. The van der Waals surface area contributed by atoms with E-state index in [-0.39, 0.29) is 25.1 Å². The van der Waals surface area contributed by atoms with Crippen LogP contribution in [0.5, 0.6) is 17.2 Å². The Hall–Kier alpha value is -2.25. The van der Waals surface area contributed by atoms with Gasteiger partial charge < -0.3 is 24.8 Å². The van der Waals surface area contributed by atoms with Gasteiger partial charge in [0.2, 0.25) is 6.79 Å². The molecule has 0 aromatic heterocycles. The van der Waals surface area contributed by atoms with E-state index in [2.05, 4.69) is 22.3 Å². The SMILES string of the molecule is CC1CCCC1CNC(=O)NCc1cc2c(cc1OC(F)F)OCO2. The molecule has 0 radical (unpaired) electrons. The number of hydrogen-bond donors (Lipinski definition) is 2. The smallest absolute Gasteiger partial charge is 0.387 e. The van der Waals surface area contributed by atoms with Crippen molar-refractivity contribution in [1.29, 1.82) is 0 Å². The van der Waals surface area contributed by atoms with Gasteiger partial charge >= 0.3 is 12.6 Å². The van der Waals surface area contributed by atoms with Crippen molar-refractivity contribution in [2.75, 3.05) is 13.3 Å². The fourth-order valence-electron chi connectivity index (χ4n) is 3.30. The zero-order chi connectivity index (χ0) is 17.8. The minimum Gasteiger partial charge on any atom is -0.454 e. The van der Waals surface area contributed by atoms with E-state index >= 15 is 0 Å². The molecule has 1 aliphatic heterocycles. The average molecular weight is 356 g/mol. The number of halogens is 2. The predicted octanol–water partition coefficient (Wildman–Crippen LogP) is 3.25.